The molecule has 1 aromatic rings. The summed E-state index contributed by atoms with van der Waals surface area (Å²) in [4.78, 5) is 12.1. The summed E-state index contributed by atoms with van der Waals surface area (Å²) in [5.74, 6) is 1.50. The molecule has 1 heterocycles. The quantitative estimate of drug-likeness (QED) is 0.785. The zero-order valence-corrected chi connectivity index (χ0v) is 10.9. The van der Waals surface area contributed by atoms with Gasteiger partial charge >= 0.3 is 0 Å². The van der Waals surface area contributed by atoms with E-state index in [9.17, 15) is 4.79 Å². The van der Waals surface area contributed by atoms with Crippen molar-refractivity contribution >= 4 is 5.78 Å². The van der Waals surface area contributed by atoms with Crippen LogP contribution < -0.4 is 0 Å². The van der Waals surface area contributed by atoms with Gasteiger partial charge < -0.3 is 0 Å². The Bertz CT molecular complexity index is 383. The van der Waals surface area contributed by atoms with Gasteiger partial charge in [0.2, 0.25) is 0 Å². The van der Waals surface area contributed by atoms with Crippen LogP contribution in [0.25, 0.3) is 0 Å². The summed E-state index contributed by atoms with van der Waals surface area (Å²) in [5.41, 5.74) is 1.07. The van der Waals surface area contributed by atoms with E-state index in [1.807, 2.05) is 17.1 Å². The molecule has 1 aliphatic rings. The van der Waals surface area contributed by atoms with Crippen LogP contribution >= 0.6 is 0 Å². The molecule has 1 aromatic heterocycles. The highest BCUT2D eigenvalue weighted by Gasteiger charge is 2.28. The van der Waals surface area contributed by atoms with Crippen LogP contribution in [0.3, 0.4) is 0 Å². The second-order valence-electron chi connectivity index (χ2n) is 5.13. The third-order valence-electron chi connectivity index (χ3n) is 3.96. The van der Waals surface area contributed by atoms with E-state index in [1.54, 1.807) is 0 Å². The molecule has 2 atom stereocenters. The summed E-state index contributed by atoms with van der Waals surface area (Å²) in [6, 6.07) is 0. The summed E-state index contributed by atoms with van der Waals surface area (Å²) < 4.78 is 1.88. The molecule has 0 aromatic carbocycles. The molecule has 0 radical (unpaired) electrons. The maximum absolute atomic E-state index is 12.1. The fourth-order valence-electron chi connectivity index (χ4n) is 2.75. The standard InChI is InChI=1S/C14H22N2O/c1-3-11-5-6-13(7-11)14(17)8-12-9-15-16(4-2)10-12/h9-11,13H,3-8H2,1-2H3. The Labute approximate surface area is 103 Å². The number of carbonyl (C=O) groups excluding carboxylic acids is 1. The van der Waals surface area contributed by atoms with Gasteiger partial charge in [-0.3, -0.25) is 9.48 Å². The highest BCUT2D eigenvalue weighted by Crippen LogP contribution is 2.33. The van der Waals surface area contributed by atoms with Crippen LogP contribution in [0, 0.1) is 11.8 Å². The zero-order valence-electron chi connectivity index (χ0n) is 10.9. The van der Waals surface area contributed by atoms with Gasteiger partial charge in [-0.15, -0.1) is 0 Å². The van der Waals surface area contributed by atoms with Gasteiger partial charge in [0, 0.05) is 25.1 Å². The number of nitrogens with zero attached hydrogens (tertiary/aromatic N) is 2. The summed E-state index contributed by atoms with van der Waals surface area (Å²) in [5, 5.41) is 4.21. The van der Waals surface area contributed by atoms with Crippen LogP contribution in [0.5, 0.6) is 0 Å². The molecule has 2 rings (SSSR count). The highest BCUT2D eigenvalue weighted by atomic mass is 16.1. The zero-order chi connectivity index (χ0) is 12.3. The van der Waals surface area contributed by atoms with E-state index >= 15 is 0 Å². The summed E-state index contributed by atoms with van der Waals surface area (Å²) in [6.07, 6.45) is 9.05. The highest BCUT2D eigenvalue weighted by molar-refractivity contribution is 5.83. The number of carbonyl (C=O) groups is 1. The Kier molecular flexibility index (Phi) is 3.97. The first kappa shape index (κ1) is 12.3. The SMILES string of the molecule is CCC1CCC(C(=O)Cc2cnn(CC)c2)C1. The Hall–Kier alpha value is -1.12. The van der Waals surface area contributed by atoms with E-state index in [0.717, 1.165) is 30.9 Å². The van der Waals surface area contributed by atoms with Crippen molar-refractivity contribution < 1.29 is 4.79 Å². The lowest BCUT2D eigenvalue weighted by atomic mass is 9.96. The molecule has 0 N–H and O–H groups in total. The largest absolute Gasteiger partial charge is 0.299 e. The molecule has 17 heavy (non-hydrogen) atoms. The molecular weight excluding hydrogens is 212 g/mol. The number of aromatic nitrogens is 2. The minimum absolute atomic E-state index is 0.310. The first-order valence-corrected chi connectivity index (χ1v) is 6.77. The third kappa shape index (κ3) is 2.96. The van der Waals surface area contributed by atoms with Crippen molar-refractivity contribution in [3.8, 4) is 0 Å². The lowest BCUT2D eigenvalue weighted by molar-refractivity contribution is -0.122. The lowest BCUT2D eigenvalue weighted by Gasteiger charge is -2.08. The minimum Gasteiger partial charge on any atom is -0.299 e. The number of rotatable bonds is 5. The van der Waals surface area contributed by atoms with E-state index in [-0.39, 0.29) is 0 Å². The molecule has 0 aliphatic heterocycles. The average molecular weight is 234 g/mol. The molecule has 0 amide bonds. The van der Waals surface area contributed by atoms with Gasteiger partial charge in [0.15, 0.2) is 0 Å². The third-order valence-corrected chi connectivity index (χ3v) is 3.96. The molecule has 0 saturated heterocycles. The molecule has 3 nitrogen and oxygen atoms in total. The Balaban J connectivity index is 1.89. The molecule has 2 unspecified atom stereocenters. The molecular formula is C14H22N2O. The van der Waals surface area contributed by atoms with Crippen LogP contribution in [0.15, 0.2) is 12.4 Å². The van der Waals surface area contributed by atoms with Crippen molar-refractivity contribution in [1.29, 1.82) is 0 Å². The maximum atomic E-state index is 12.1. The van der Waals surface area contributed by atoms with Crippen molar-refractivity contribution in [2.45, 2.75) is 52.5 Å². The van der Waals surface area contributed by atoms with Crippen molar-refractivity contribution in [2.24, 2.45) is 11.8 Å². The van der Waals surface area contributed by atoms with Crippen LogP contribution in [-0.4, -0.2) is 15.6 Å². The normalized spacial score (nSPS) is 24.1. The predicted octanol–water partition coefficient (Wildman–Crippen LogP) is 2.84. The van der Waals surface area contributed by atoms with Crippen LogP contribution in [0.4, 0.5) is 0 Å². The van der Waals surface area contributed by atoms with Crippen LogP contribution in [0.1, 0.15) is 45.1 Å². The van der Waals surface area contributed by atoms with Crippen LogP contribution in [-0.2, 0) is 17.8 Å². The fourth-order valence-corrected chi connectivity index (χ4v) is 2.75. The van der Waals surface area contributed by atoms with Crippen molar-refractivity contribution in [3.63, 3.8) is 0 Å². The average Bonchev–Trinajstić information content (AvgIpc) is 2.96. The number of aryl methyl sites for hydroxylation is 1. The van der Waals surface area contributed by atoms with Gasteiger partial charge in [-0.25, -0.2) is 0 Å². The van der Waals surface area contributed by atoms with Crippen molar-refractivity contribution in [3.05, 3.63) is 18.0 Å². The topological polar surface area (TPSA) is 34.9 Å². The van der Waals surface area contributed by atoms with E-state index in [1.165, 1.54) is 12.8 Å². The smallest absolute Gasteiger partial charge is 0.140 e. The summed E-state index contributed by atoms with van der Waals surface area (Å²) in [7, 11) is 0. The van der Waals surface area contributed by atoms with Gasteiger partial charge in [0.1, 0.15) is 5.78 Å². The first-order valence-electron chi connectivity index (χ1n) is 6.77. The Morgan fingerprint density at radius 2 is 2.29 bits per heavy atom. The molecule has 1 fully saturated rings. The number of ketones is 1. The van der Waals surface area contributed by atoms with Gasteiger partial charge in [0.25, 0.3) is 0 Å². The number of hydrogen-bond donors (Lipinski definition) is 0. The predicted molar refractivity (Wildman–Crippen MR) is 67.7 cm³/mol. The van der Waals surface area contributed by atoms with E-state index in [4.69, 9.17) is 0 Å². The van der Waals surface area contributed by atoms with Gasteiger partial charge in [0.05, 0.1) is 6.20 Å². The Morgan fingerprint density at radius 3 is 2.88 bits per heavy atom. The fraction of sp³-hybridized carbons (Fsp3) is 0.714. The lowest BCUT2D eigenvalue weighted by Crippen LogP contribution is -2.13. The van der Waals surface area contributed by atoms with E-state index in [0.29, 0.717) is 18.1 Å². The summed E-state index contributed by atoms with van der Waals surface area (Å²) in [6.45, 7) is 5.15. The van der Waals surface area contributed by atoms with Gasteiger partial charge in [-0.2, -0.15) is 5.10 Å². The minimum atomic E-state index is 0.310. The maximum Gasteiger partial charge on any atom is 0.140 e. The molecule has 0 bridgehead atoms. The molecule has 94 valence electrons. The van der Waals surface area contributed by atoms with E-state index in [2.05, 4.69) is 18.9 Å². The second-order valence-corrected chi connectivity index (χ2v) is 5.13. The molecule has 3 heteroatoms. The molecule has 1 aliphatic carbocycles. The summed E-state index contributed by atoms with van der Waals surface area (Å²) >= 11 is 0. The van der Waals surface area contributed by atoms with Crippen LogP contribution in [0.2, 0.25) is 0 Å². The second kappa shape index (κ2) is 5.48. The Morgan fingerprint density at radius 1 is 1.47 bits per heavy atom. The van der Waals surface area contributed by atoms with E-state index < -0.39 is 0 Å². The number of hydrogen-bond acceptors (Lipinski definition) is 2. The van der Waals surface area contributed by atoms with Crippen molar-refractivity contribution in [1.82, 2.24) is 9.78 Å². The number of Topliss-reactive ketones (excluding diaryl/α,β-unsaturated/α-hetero) is 1. The van der Waals surface area contributed by atoms with Gasteiger partial charge in [-0.1, -0.05) is 13.3 Å². The first-order chi connectivity index (χ1) is 8.22. The monoisotopic (exact) mass is 234 g/mol. The molecule has 0 spiro atoms. The molecule has 1 saturated carbocycles. The van der Waals surface area contributed by atoms with Crippen molar-refractivity contribution in [2.75, 3.05) is 0 Å². The van der Waals surface area contributed by atoms with Gasteiger partial charge in [-0.05, 0) is 37.7 Å².